The summed E-state index contributed by atoms with van der Waals surface area (Å²) in [6, 6.07) is 23.7. The average Bonchev–Trinajstić information content (AvgIpc) is 2.97. The van der Waals surface area contributed by atoms with E-state index >= 15 is 0 Å². The number of hydrogen-bond acceptors (Lipinski definition) is 2. The Bertz CT molecular complexity index is 1100. The second kappa shape index (κ2) is 8.78. The Morgan fingerprint density at radius 3 is 1.88 bits per heavy atom. The quantitative estimate of drug-likeness (QED) is 0.554. The molecule has 0 atom stereocenters. The molecular formula is C28H30N2O2. The van der Waals surface area contributed by atoms with Crippen LogP contribution in [0.25, 0.3) is 0 Å². The summed E-state index contributed by atoms with van der Waals surface area (Å²) in [7, 11) is 0. The molecule has 5 rings (SSSR count). The van der Waals surface area contributed by atoms with E-state index in [2.05, 4.69) is 5.32 Å². The summed E-state index contributed by atoms with van der Waals surface area (Å²) in [4.78, 5) is 27.1. The van der Waals surface area contributed by atoms with E-state index in [0.29, 0.717) is 18.8 Å². The minimum Gasteiger partial charge on any atom is -0.310 e. The largest absolute Gasteiger partial charge is 0.310 e. The lowest BCUT2D eigenvalue weighted by Crippen LogP contribution is -2.47. The average molecular weight is 427 g/mol. The summed E-state index contributed by atoms with van der Waals surface area (Å²) in [5.41, 5.74) is 2.15. The Morgan fingerprint density at radius 1 is 0.750 bits per heavy atom. The van der Waals surface area contributed by atoms with Crippen molar-refractivity contribution >= 4 is 11.7 Å². The van der Waals surface area contributed by atoms with Crippen LogP contribution in [0, 0.1) is 0 Å². The van der Waals surface area contributed by atoms with Gasteiger partial charge in [0.05, 0.1) is 0 Å². The van der Waals surface area contributed by atoms with E-state index in [0.717, 1.165) is 35.3 Å². The standard InChI is InChI=1S/C28H30N2O2/c31-25-18-17-24(23-15-9-1-2-10-16-23)26-29-27(32)28(30(25)26,19-21-11-5-3-6-12-21)20-22-13-7-4-8-14-22/h3-8,11-14,17-18,23H,1-2,9-10,15-16,19-20H2,(H,29,32). The number of benzene rings is 2. The van der Waals surface area contributed by atoms with Gasteiger partial charge in [-0.25, -0.2) is 0 Å². The van der Waals surface area contributed by atoms with Crippen molar-refractivity contribution in [2.24, 2.45) is 0 Å². The van der Waals surface area contributed by atoms with Gasteiger partial charge in [0.2, 0.25) is 0 Å². The molecule has 0 unspecified atom stereocenters. The third-order valence-electron chi connectivity index (χ3n) is 7.18. The first kappa shape index (κ1) is 20.7. The molecule has 2 aliphatic rings. The molecule has 0 bridgehead atoms. The van der Waals surface area contributed by atoms with Crippen LogP contribution in [0.2, 0.25) is 0 Å². The van der Waals surface area contributed by atoms with Crippen molar-refractivity contribution in [3.05, 3.63) is 99.8 Å². The van der Waals surface area contributed by atoms with Gasteiger partial charge in [0, 0.05) is 18.9 Å². The van der Waals surface area contributed by atoms with Crippen LogP contribution in [-0.2, 0) is 23.2 Å². The van der Waals surface area contributed by atoms with Gasteiger partial charge < -0.3 is 5.32 Å². The third kappa shape index (κ3) is 3.79. The first-order valence-electron chi connectivity index (χ1n) is 11.8. The maximum Gasteiger partial charge on any atom is 0.253 e. The summed E-state index contributed by atoms with van der Waals surface area (Å²) in [5.74, 6) is 1.04. The summed E-state index contributed by atoms with van der Waals surface area (Å²) in [6.07, 6.45) is 8.14. The number of carbonyl (C=O) groups is 1. The summed E-state index contributed by atoms with van der Waals surface area (Å²) < 4.78 is 1.79. The highest BCUT2D eigenvalue weighted by molar-refractivity contribution is 6.01. The smallest absolute Gasteiger partial charge is 0.253 e. The Balaban J connectivity index is 1.66. The molecule has 3 aromatic rings. The van der Waals surface area contributed by atoms with Gasteiger partial charge in [-0.1, -0.05) is 86.3 Å². The van der Waals surface area contributed by atoms with Crippen molar-refractivity contribution in [2.75, 3.05) is 5.32 Å². The summed E-state index contributed by atoms with van der Waals surface area (Å²) in [5, 5.41) is 3.18. The number of amides is 1. The maximum atomic E-state index is 13.7. The number of hydrogen-bond donors (Lipinski definition) is 1. The van der Waals surface area contributed by atoms with Gasteiger partial charge in [-0.2, -0.15) is 0 Å². The van der Waals surface area contributed by atoms with Gasteiger partial charge in [0.1, 0.15) is 11.4 Å². The van der Waals surface area contributed by atoms with E-state index in [1.54, 1.807) is 10.6 Å². The van der Waals surface area contributed by atoms with Gasteiger partial charge >= 0.3 is 0 Å². The van der Waals surface area contributed by atoms with Crippen molar-refractivity contribution in [2.45, 2.75) is 62.8 Å². The van der Waals surface area contributed by atoms with Crippen molar-refractivity contribution < 1.29 is 4.79 Å². The first-order chi connectivity index (χ1) is 15.7. The number of rotatable bonds is 5. The minimum atomic E-state index is -0.976. The van der Waals surface area contributed by atoms with Gasteiger partial charge in [0.25, 0.3) is 11.5 Å². The molecule has 0 radical (unpaired) electrons. The Morgan fingerprint density at radius 2 is 1.31 bits per heavy atom. The highest BCUT2D eigenvalue weighted by Gasteiger charge is 2.48. The number of nitrogens with one attached hydrogen (secondary N) is 1. The van der Waals surface area contributed by atoms with Crippen molar-refractivity contribution in [3.63, 3.8) is 0 Å². The van der Waals surface area contributed by atoms with E-state index < -0.39 is 5.54 Å². The zero-order valence-corrected chi connectivity index (χ0v) is 18.4. The summed E-state index contributed by atoms with van der Waals surface area (Å²) in [6.45, 7) is 0. The zero-order chi connectivity index (χ0) is 22.0. The molecule has 1 aromatic heterocycles. The van der Waals surface area contributed by atoms with Crippen LogP contribution in [0.4, 0.5) is 5.82 Å². The van der Waals surface area contributed by atoms with Crippen molar-refractivity contribution in [1.29, 1.82) is 0 Å². The number of anilines is 1. The van der Waals surface area contributed by atoms with E-state index in [9.17, 15) is 9.59 Å². The maximum absolute atomic E-state index is 13.7. The Kier molecular flexibility index (Phi) is 5.69. The molecule has 1 saturated carbocycles. The second-order valence-electron chi connectivity index (χ2n) is 9.31. The van der Waals surface area contributed by atoms with Gasteiger partial charge in [0.15, 0.2) is 0 Å². The molecule has 0 spiro atoms. The Hall–Kier alpha value is -3.14. The number of fused-ring (bicyclic) bond motifs is 1. The van der Waals surface area contributed by atoms with E-state index in [4.69, 9.17) is 0 Å². The normalized spacial score (nSPS) is 18.1. The predicted molar refractivity (Wildman–Crippen MR) is 128 cm³/mol. The zero-order valence-electron chi connectivity index (χ0n) is 18.4. The van der Waals surface area contributed by atoms with Crippen LogP contribution in [-0.4, -0.2) is 10.5 Å². The van der Waals surface area contributed by atoms with E-state index in [1.807, 2.05) is 66.7 Å². The minimum absolute atomic E-state index is 0.0802. The number of carbonyl (C=O) groups excluding carboxylic acids is 1. The van der Waals surface area contributed by atoms with Crippen molar-refractivity contribution in [1.82, 2.24) is 4.57 Å². The van der Waals surface area contributed by atoms with Gasteiger partial charge in [-0.05, 0) is 41.5 Å². The predicted octanol–water partition coefficient (Wildman–Crippen LogP) is 5.42. The number of nitrogens with zero attached hydrogens (tertiary/aromatic N) is 1. The van der Waals surface area contributed by atoms with Crippen LogP contribution in [0.1, 0.15) is 61.1 Å². The van der Waals surface area contributed by atoms with E-state index in [-0.39, 0.29) is 11.5 Å². The molecule has 0 saturated heterocycles. The fourth-order valence-corrected chi connectivity index (χ4v) is 5.60. The molecule has 1 aliphatic carbocycles. The van der Waals surface area contributed by atoms with Gasteiger partial charge in [-0.15, -0.1) is 0 Å². The molecule has 2 aromatic carbocycles. The number of pyridine rings is 1. The molecule has 1 N–H and O–H groups in total. The van der Waals surface area contributed by atoms with E-state index in [1.165, 1.54) is 25.7 Å². The molecule has 4 nitrogen and oxygen atoms in total. The van der Waals surface area contributed by atoms with Crippen molar-refractivity contribution in [3.8, 4) is 0 Å². The fraction of sp³-hybridized carbons (Fsp3) is 0.357. The Labute approximate surface area is 189 Å². The SMILES string of the molecule is O=C1Nc2c(C3CCCCCC3)ccc(=O)n2C1(Cc1ccccc1)Cc1ccccc1. The third-order valence-corrected chi connectivity index (χ3v) is 7.18. The van der Waals surface area contributed by atoms with Crippen LogP contribution in [0.3, 0.4) is 0 Å². The van der Waals surface area contributed by atoms with Crippen LogP contribution >= 0.6 is 0 Å². The van der Waals surface area contributed by atoms with Crippen LogP contribution in [0.15, 0.2) is 77.6 Å². The molecular weight excluding hydrogens is 396 g/mol. The van der Waals surface area contributed by atoms with Crippen LogP contribution < -0.4 is 10.9 Å². The second-order valence-corrected chi connectivity index (χ2v) is 9.31. The lowest BCUT2D eigenvalue weighted by Gasteiger charge is -2.30. The molecule has 2 heterocycles. The van der Waals surface area contributed by atoms with Gasteiger partial charge in [-0.3, -0.25) is 14.2 Å². The molecule has 1 aliphatic heterocycles. The molecule has 32 heavy (non-hydrogen) atoms. The lowest BCUT2D eigenvalue weighted by molar-refractivity contribution is -0.123. The molecule has 4 heteroatoms. The lowest BCUT2D eigenvalue weighted by atomic mass is 9.84. The molecule has 1 fully saturated rings. The fourth-order valence-electron chi connectivity index (χ4n) is 5.60. The van der Waals surface area contributed by atoms with Crippen LogP contribution in [0.5, 0.6) is 0 Å². The highest BCUT2D eigenvalue weighted by Crippen LogP contribution is 2.41. The number of aromatic nitrogens is 1. The highest BCUT2D eigenvalue weighted by atomic mass is 16.2. The summed E-state index contributed by atoms with van der Waals surface area (Å²) >= 11 is 0. The first-order valence-corrected chi connectivity index (χ1v) is 11.8. The topological polar surface area (TPSA) is 51.1 Å². The monoisotopic (exact) mass is 426 g/mol. The molecule has 164 valence electrons. The molecule has 1 amide bonds.